The normalized spacial score (nSPS) is 10.3. The molecule has 0 radical (unpaired) electrons. The Morgan fingerprint density at radius 2 is 2.09 bits per heavy atom. The van der Waals surface area contributed by atoms with E-state index in [4.69, 9.17) is 0 Å². The standard InChI is InChI=1S/C15H16N4O4/c1-10-7-12(3-4-13(10)19(22)23)14(20)17-5-6-18-9-16-8-11(2)15(18)21/h3-4,7-9H,5-6H2,1-2H3,(H,17,20). The van der Waals surface area contributed by atoms with E-state index in [0.29, 0.717) is 23.2 Å². The van der Waals surface area contributed by atoms with E-state index in [9.17, 15) is 19.7 Å². The van der Waals surface area contributed by atoms with Crippen LogP contribution in [-0.2, 0) is 6.54 Å². The Morgan fingerprint density at radius 3 is 2.74 bits per heavy atom. The summed E-state index contributed by atoms with van der Waals surface area (Å²) >= 11 is 0. The number of carbonyl (C=O) groups excluding carboxylic acids is 1. The van der Waals surface area contributed by atoms with Crippen LogP contribution in [0.2, 0.25) is 0 Å². The first kappa shape index (κ1) is 16.3. The molecule has 0 spiro atoms. The first-order valence-electron chi connectivity index (χ1n) is 6.94. The topological polar surface area (TPSA) is 107 Å². The van der Waals surface area contributed by atoms with Gasteiger partial charge in [0.25, 0.3) is 17.2 Å². The second kappa shape index (κ2) is 6.82. The van der Waals surface area contributed by atoms with Gasteiger partial charge in [0.2, 0.25) is 0 Å². The number of nitro benzene ring substituents is 1. The molecule has 0 atom stereocenters. The highest BCUT2D eigenvalue weighted by molar-refractivity contribution is 5.94. The van der Waals surface area contributed by atoms with Gasteiger partial charge in [0, 0.05) is 42.0 Å². The fourth-order valence-corrected chi connectivity index (χ4v) is 2.11. The maximum absolute atomic E-state index is 12.0. The Balaban J connectivity index is 2.00. The maximum Gasteiger partial charge on any atom is 0.272 e. The van der Waals surface area contributed by atoms with Gasteiger partial charge in [-0.15, -0.1) is 0 Å². The van der Waals surface area contributed by atoms with Gasteiger partial charge >= 0.3 is 0 Å². The summed E-state index contributed by atoms with van der Waals surface area (Å²) in [6, 6.07) is 4.17. The van der Waals surface area contributed by atoms with Gasteiger partial charge in [-0.25, -0.2) is 4.98 Å². The van der Waals surface area contributed by atoms with Crippen LogP contribution >= 0.6 is 0 Å². The fraction of sp³-hybridized carbons (Fsp3) is 0.267. The molecule has 0 aliphatic rings. The number of nitrogens with one attached hydrogen (secondary N) is 1. The summed E-state index contributed by atoms with van der Waals surface area (Å²) in [4.78, 5) is 38.0. The molecule has 0 saturated carbocycles. The zero-order valence-corrected chi connectivity index (χ0v) is 12.8. The van der Waals surface area contributed by atoms with Crippen molar-refractivity contribution in [2.24, 2.45) is 0 Å². The van der Waals surface area contributed by atoms with Gasteiger partial charge in [0.05, 0.1) is 11.3 Å². The number of nitrogens with zero attached hydrogens (tertiary/aromatic N) is 3. The van der Waals surface area contributed by atoms with Crippen LogP contribution in [0.4, 0.5) is 5.69 Å². The molecule has 1 N–H and O–H groups in total. The van der Waals surface area contributed by atoms with Crippen molar-refractivity contribution < 1.29 is 9.72 Å². The number of carbonyl (C=O) groups is 1. The van der Waals surface area contributed by atoms with E-state index in [1.165, 1.54) is 35.3 Å². The van der Waals surface area contributed by atoms with Gasteiger partial charge in [-0.3, -0.25) is 24.3 Å². The average Bonchev–Trinajstić information content (AvgIpc) is 2.50. The summed E-state index contributed by atoms with van der Waals surface area (Å²) in [5, 5.41) is 13.4. The van der Waals surface area contributed by atoms with Crippen molar-refractivity contribution in [3.05, 3.63) is 67.9 Å². The van der Waals surface area contributed by atoms with Crippen LogP contribution in [-0.4, -0.2) is 26.9 Å². The van der Waals surface area contributed by atoms with Crippen LogP contribution in [0.1, 0.15) is 21.5 Å². The molecule has 1 heterocycles. The lowest BCUT2D eigenvalue weighted by atomic mass is 10.1. The minimum Gasteiger partial charge on any atom is -0.350 e. The molecule has 1 amide bonds. The zero-order valence-electron chi connectivity index (χ0n) is 12.8. The fourth-order valence-electron chi connectivity index (χ4n) is 2.11. The summed E-state index contributed by atoms with van der Waals surface area (Å²) in [5.41, 5.74) is 1.11. The molecule has 0 aliphatic heterocycles. The largest absolute Gasteiger partial charge is 0.350 e. The van der Waals surface area contributed by atoms with E-state index >= 15 is 0 Å². The van der Waals surface area contributed by atoms with Crippen molar-refractivity contribution in [2.75, 3.05) is 6.54 Å². The number of hydrogen-bond donors (Lipinski definition) is 1. The predicted octanol–water partition coefficient (Wildman–Crippen LogP) is 1.20. The molecule has 0 aliphatic carbocycles. The summed E-state index contributed by atoms with van der Waals surface area (Å²) in [7, 11) is 0. The summed E-state index contributed by atoms with van der Waals surface area (Å²) in [6.07, 6.45) is 2.90. The second-order valence-corrected chi connectivity index (χ2v) is 5.09. The van der Waals surface area contributed by atoms with Crippen LogP contribution in [0.15, 0.2) is 35.5 Å². The van der Waals surface area contributed by atoms with Crippen LogP contribution in [0.3, 0.4) is 0 Å². The van der Waals surface area contributed by atoms with Crippen LogP contribution in [0.25, 0.3) is 0 Å². The molecule has 120 valence electrons. The first-order valence-corrected chi connectivity index (χ1v) is 6.94. The third kappa shape index (κ3) is 3.79. The highest BCUT2D eigenvalue weighted by Crippen LogP contribution is 2.18. The Morgan fingerprint density at radius 1 is 1.35 bits per heavy atom. The van der Waals surface area contributed by atoms with E-state index < -0.39 is 4.92 Å². The predicted molar refractivity (Wildman–Crippen MR) is 83.4 cm³/mol. The molecular formula is C15H16N4O4. The Kier molecular flexibility index (Phi) is 4.85. The number of hydrogen-bond acceptors (Lipinski definition) is 5. The van der Waals surface area contributed by atoms with Gasteiger partial charge in [-0.05, 0) is 26.0 Å². The van der Waals surface area contributed by atoms with E-state index in [1.54, 1.807) is 13.8 Å². The lowest BCUT2D eigenvalue weighted by molar-refractivity contribution is -0.385. The van der Waals surface area contributed by atoms with Crippen LogP contribution < -0.4 is 10.9 Å². The first-order chi connectivity index (χ1) is 10.9. The van der Waals surface area contributed by atoms with E-state index in [-0.39, 0.29) is 23.7 Å². The number of aryl methyl sites for hydroxylation is 2. The van der Waals surface area contributed by atoms with Crippen LogP contribution in [0.5, 0.6) is 0 Å². The monoisotopic (exact) mass is 316 g/mol. The molecule has 2 aromatic rings. The summed E-state index contributed by atoms with van der Waals surface area (Å²) in [6.45, 7) is 3.79. The lowest BCUT2D eigenvalue weighted by Crippen LogP contribution is -2.31. The van der Waals surface area contributed by atoms with Crippen LogP contribution in [0, 0.1) is 24.0 Å². The van der Waals surface area contributed by atoms with Crippen molar-refractivity contribution in [3.63, 3.8) is 0 Å². The van der Waals surface area contributed by atoms with E-state index in [2.05, 4.69) is 10.3 Å². The van der Waals surface area contributed by atoms with Gasteiger partial charge in [-0.1, -0.05) is 0 Å². The molecule has 0 bridgehead atoms. The van der Waals surface area contributed by atoms with E-state index in [1.807, 2.05) is 0 Å². The van der Waals surface area contributed by atoms with Crippen molar-refractivity contribution in [3.8, 4) is 0 Å². The molecule has 23 heavy (non-hydrogen) atoms. The van der Waals surface area contributed by atoms with Crippen molar-refractivity contribution in [2.45, 2.75) is 20.4 Å². The third-order valence-electron chi connectivity index (χ3n) is 3.37. The number of aromatic nitrogens is 2. The highest BCUT2D eigenvalue weighted by atomic mass is 16.6. The molecule has 1 aromatic heterocycles. The summed E-state index contributed by atoms with van der Waals surface area (Å²) < 4.78 is 1.41. The van der Waals surface area contributed by atoms with Crippen molar-refractivity contribution >= 4 is 11.6 Å². The molecular weight excluding hydrogens is 300 g/mol. The number of amides is 1. The molecule has 2 rings (SSSR count). The Labute approximate surface area is 131 Å². The van der Waals surface area contributed by atoms with Gasteiger partial charge in [-0.2, -0.15) is 0 Å². The van der Waals surface area contributed by atoms with Crippen molar-refractivity contribution in [1.29, 1.82) is 0 Å². The average molecular weight is 316 g/mol. The Bertz CT molecular complexity index is 813. The van der Waals surface area contributed by atoms with Gasteiger partial charge < -0.3 is 5.32 Å². The molecule has 0 saturated heterocycles. The quantitative estimate of drug-likeness (QED) is 0.659. The second-order valence-electron chi connectivity index (χ2n) is 5.09. The number of benzene rings is 1. The molecule has 0 fully saturated rings. The SMILES string of the molecule is Cc1cc(C(=O)NCCn2cncc(C)c2=O)ccc1[N+](=O)[O-]. The third-order valence-corrected chi connectivity index (χ3v) is 3.37. The van der Waals surface area contributed by atoms with Gasteiger partial charge in [0.15, 0.2) is 0 Å². The lowest BCUT2D eigenvalue weighted by Gasteiger charge is -2.08. The maximum atomic E-state index is 12.0. The zero-order chi connectivity index (χ0) is 17.0. The molecule has 8 nitrogen and oxygen atoms in total. The minimum absolute atomic E-state index is 0.0288. The number of nitro groups is 1. The van der Waals surface area contributed by atoms with Crippen molar-refractivity contribution in [1.82, 2.24) is 14.9 Å². The Hall–Kier alpha value is -3.03. The number of rotatable bonds is 5. The smallest absolute Gasteiger partial charge is 0.272 e. The minimum atomic E-state index is -0.492. The van der Waals surface area contributed by atoms with E-state index in [0.717, 1.165) is 0 Å². The molecule has 8 heteroatoms. The highest BCUT2D eigenvalue weighted by Gasteiger charge is 2.13. The van der Waals surface area contributed by atoms with Gasteiger partial charge in [0.1, 0.15) is 0 Å². The summed E-state index contributed by atoms with van der Waals surface area (Å²) in [5.74, 6) is -0.350. The molecule has 1 aromatic carbocycles. The molecule has 0 unspecified atom stereocenters.